The van der Waals surface area contributed by atoms with Crippen LogP contribution in [0.15, 0.2) is 0 Å². The maximum absolute atomic E-state index is 11.1. The molecule has 0 radical (unpaired) electrons. The average Bonchev–Trinajstić information content (AvgIpc) is 2.82. The predicted octanol–water partition coefficient (Wildman–Crippen LogP) is 1.28. The summed E-state index contributed by atoms with van der Waals surface area (Å²) in [5.41, 5.74) is -0.0860. The van der Waals surface area contributed by atoms with E-state index < -0.39 is 6.09 Å². The highest BCUT2D eigenvalue weighted by Gasteiger charge is 2.60. The Morgan fingerprint density at radius 1 is 1.56 bits per heavy atom. The molecule has 0 aromatic carbocycles. The van der Waals surface area contributed by atoms with Gasteiger partial charge in [-0.3, -0.25) is 4.90 Å². The van der Waals surface area contributed by atoms with Gasteiger partial charge in [-0.1, -0.05) is 0 Å². The summed E-state index contributed by atoms with van der Waals surface area (Å²) in [6.45, 7) is 0.525. The van der Waals surface area contributed by atoms with Gasteiger partial charge in [0.25, 0.3) is 0 Å². The minimum atomic E-state index is -0.885. The fourth-order valence-corrected chi connectivity index (χ4v) is 3.69. The van der Waals surface area contributed by atoms with Gasteiger partial charge in [0.15, 0.2) is 0 Å². The zero-order valence-electron chi connectivity index (χ0n) is 9.39. The van der Waals surface area contributed by atoms with Crippen LogP contribution in [0, 0.1) is 5.92 Å². The van der Waals surface area contributed by atoms with Crippen molar-refractivity contribution >= 4 is 6.09 Å². The molecular formula is C11H17NO4. The van der Waals surface area contributed by atoms with Gasteiger partial charge in [0.2, 0.25) is 0 Å². The van der Waals surface area contributed by atoms with Gasteiger partial charge in [0, 0.05) is 19.6 Å². The summed E-state index contributed by atoms with van der Waals surface area (Å²) < 4.78 is 11.4. The molecule has 3 fully saturated rings. The first-order chi connectivity index (χ1) is 7.66. The number of methoxy groups -OCH3 is 1. The summed E-state index contributed by atoms with van der Waals surface area (Å²) in [4.78, 5) is 12.5. The molecule has 3 heterocycles. The van der Waals surface area contributed by atoms with Crippen LogP contribution in [0.4, 0.5) is 4.79 Å². The number of fused-ring (bicyclic) bond motifs is 1. The Morgan fingerprint density at radius 3 is 3.00 bits per heavy atom. The van der Waals surface area contributed by atoms with Gasteiger partial charge in [-0.15, -0.1) is 0 Å². The summed E-state index contributed by atoms with van der Waals surface area (Å²) in [5.74, 6) is 0.223. The molecule has 2 bridgehead atoms. The first-order valence-electron chi connectivity index (χ1n) is 5.86. The molecular weight excluding hydrogens is 210 g/mol. The van der Waals surface area contributed by atoms with Crippen molar-refractivity contribution in [3.8, 4) is 0 Å². The molecule has 5 nitrogen and oxygen atoms in total. The fraction of sp³-hybridized carbons (Fsp3) is 0.909. The molecule has 0 aromatic heterocycles. The summed E-state index contributed by atoms with van der Waals surface area (Å²) in [6, 6.07) is 0. The molecule has 0 aliphatic carbocycles. The lowest BCUT2D eigenvalue weighted by Gasteiger charge is -2.46. The van der Waals surface area contributed by atoms with Crippen molar-refractivity contribution in [3.05, 3.63) is 0 Å². The summed E-state index contributed by atoms with van der Waals surface area (Å²) >= 11 is 0. The average molecular weight is 227 g/mol. The summed E-state index contributed by atoms with van der Waals surface area (Å²) in [6.07, 6.45) is 3.08. The second-order valence-electron chi connectivity index (χ2n) is 5.04. The molecule has 3 saturated heterocycles. The first kappa shape index (κ1) is 10.4. The number of carbonyl (C=O) groups is 1. The van der Waals surface area contributed by atoms with Crippen molar-refractivity contribution in [1.29, 1.82) is 0 Å². The standard InChI is InChI=1S/C11H17NO4/c1-15-9-8-6-7-2-3-11(8,16-7)4-5-12(9)10(13)14/h7-9H,2-6H2,1H3,(H,13,14)/t7-,8+,9?,11-/m0/s1. The Morgan fingerprint density at radius 2 is 2.38 bits per heavy atom. The smallest absolute Gasteiger partial charge is 0.409 e. The number of carboxylic acid groups (broad SMARTS) is 1. The molecule has 3 aliphatic heterocycles. The Labute approximate surface area is 94.3 Å². The maximum Gasteiger partial charge on any atom is 0.409 e. The van der Waals surface area contributed by atoms with Crippen LogP contribution in [-0.4, -0.2) is 47.7 Å². The van der Waals surface area contributed by atoms with Crippen molar-refractivity contribution in [2.24, 2.45) is 5.92 Å². The van der Waals surface area contributed by atoms with Crippen molar-refractivity contribution in [2.45, 2.75) is 43.6 Å². The van der Waals surface area contributed by atoms with Crippen LogP contribution < -0.4 is 0 Å². The number of rotatable bonds is 1. The highest BCUT2D eigenvalue weighted by Crippen LogP contribution is 2.53. The third kappa shape index (κ3) is 1.21. The zero-order valence-corrected chi connectivity index (χ0v) is 9.39. The lowest BCUT2D eigenvalue weighted by molar-refractivity contribution is -0.144. The SMILES string of the molecule is COC1[C@H]2C[C@@H]3CC[C@@]2(CCN1C(=O)O)O3. The number of likely N-dealkylation sites (tertiary alicyclic amines) is 1. The van der Waals surface area contributed by atoms with E-state index in [2.05, 4.69) is 0 Å². The molecule has 3 aliphatic rings. The van der Waals surface area contributed by atoms with E-state index in [0.717, 1.165) is 25.7 Å². The van der Waals surface area contributed by atoms with Crippen molar-refractivity contribution in [2.75, 3.05) is 13.7 Å². The molecule has 3 rings (SSSR count). The zero-order chi connectivity index (χ0) is 11.3. The third-order valence-electron chi connectivity index (χ3n) is 4.40. The van der Waals surface area contributed by atoms with E-state index in [4.69, 9.17) is 14.6 Å². The third-order valence-corrected chi connectivity index (χ3v) is 4.40. The largest absolute Gasteiger partial charge is 0.465 e. The van der Waals surface area contributed by atoms with Crippen LogP contribution in [0.2, 0.25) is 0 Å². The lowest BCUT2D eigenvalue weighted by atomic mass is 9.73. The molecule has 1 unspecified atom stereocenters. The molecule has 1 spiro atoms. The molecule has 16 heavy (non-hydrogen) atoms. The minimum Gasteiger partial charge on any atom is -0.465 e. The van der Waals surface area contributed by atoms with Crippen LogP contribution in [0.1, 0.15) is 25.7 Å². The molecule has 1 N–H and O–H groups in total. The number of ether oxygens (including phenoxy) is 2. The van der Waals surface area contributed by atoms with E-state index in [-0.39, 0.29) is 17.7 Å². The first-order valence-corrected chi connectivity index (χ1v) is 5.86. The number of nitrogens with zero attached hydrogens (tertiary/aromatic N) is 1. The highest BCUT2D eigenvalue weighted by atomic mass is 16.5. The van der Waals surface area contributed by atoms with Gasteiger partial charge < -0.3 is 14.6 Å². The summed E-state index contributed by atoms with van der Waals surface area (Å²) in [5, 5.41) is 9.13. The van der Waals surface area contributed by atoms with E-state index in [1.165, 1.54) is 4.90 Å². The Balaban J connectivity index is 1.87. The van der Waals surface area contributed by atoms with Crippen molar-refractivity contribution < 1.29 is 19.4 Å². The molecule has 90 valence electrons. The van der Waals surface area contributed by atoms with Crippen LogP contribution in [0.3, 0.4) is 0 Å². The second kappa shape index (κ2) is 3.34. The number of amides is 1. The van der Waals surface area contributed by atoms with E-state index in [9.17, 15) is 4.79 Å². The van der Waals surface area contributed by atoms with Gasteiger partial charge in [-0.05, 0) is 25.7 Å². The monoisotopic (exact) mass is 227 g/mol. The van der Waals surface area contributed by atoms with Crippen molar-refractivity contribution in [3.63, 3.8) is 0 Å². The number of hydrogen-bond donors (Lipinski definition) is 1. The Hall–Kier alpha value is -0.810. The molecule has 1 amide bonds. The van der Waals surface area contributed by atoms with Gasteiger partial charge in [-0.25, -0.2) is 4.79 Å². The number of hydrogen-bond acceptors (Lipinski definition) is 3. The molecule has 0 saturated carbocycles. The highest BCUT2D eigenvalue weighted by molar-refractivity contribution is 5.65. The normalized spacial score (nSPS) is 45.8. The fourth-order valence-electron chi connectivity index (χ4n) is 3.69. The second-order valence-corrected chi connectivity index (χ2v) is 5.04. The van der Waals surface area contributed by atoms with Crippen LogP contribution in [0.25, 0.3) is 0 Å². The number of piperidine rings is 1. The van der Waals surface area contributed by atoms with E-state index in [1.54, 1.807) is 7.11 Å². The molecule has 5 heteroatoms. The quantitative estimate of drug-likeness (QED) is 0.733. The van der Waals surface area contributed by atoms with Gasteiger partial charge in [0.1, 0.15) is 6.23 Å². The van der Waals surface area contributed by atoms with Gasteiger partial charge in [-0.2, -0.15) is 0 Å². The van der Waals surface area contributed by atoms with E-state index in [0.29, 0.717) is 12.6 Å². The lowest BCUT2D eigenvalue weighted by Crippen LogP contribution is -2.58. The van der Waals surface area contributed by atoms with Crippen molar-refractivity contribution in [1.82, 2.24) is 4.90 Å². The Bertz CT molecular complexity index is 321. The summed E-state index contributed by atoms with van der Waals surface area (Å²) in [7, 11) is 1.59. The topological polar surface area (TPSA) is 59.0 Å². The Kier molecular flexibility index (Phi) is 2.16. The van der Waals surface area contributed by atoms with Gasteiger partial charge in [0.05, 0.1) is 11.7 Å². The van der Waals surface area contributed by atoms with Gasteiger partial charge >= 0.3 is 6.09 Å². The van der Waals surface area contributed by atoms with Crippen LogP contribution in [-0.2, 0) is 9.47 Å². The van der Waals surface area contributed by atoms with E-state index >= 15 is 0 Å². The minimum absolute atomic E-state index is 0.0860. The van der Waals surface area contributed by atoms with Crippen LogP contribution >= 0.6 is 0 Å². The molecule has 0 aromatic rings. The van der Waals surface area contributed by atoms with Crippen LogP contribution in [0.5, 0.6) is 0 Å². The molecule has 4 atom stereocenters. The van der Waals surface area contributed by atoms with E-state index in [1.807, 2.05) is 0 Å². The predicted molar refractivity (Wildman–Crippen MR) is 55.1 cm³/mol. The maximum atomic E-state index is 11.1.